The zero-order valence-electron chi connectivity index (χ0n) is 19.7. The van der Waals surface area contributed by atoms with Crippen LogP contribution >= 0.6 is 11.6 Å². The van der Waals surface area contributed by atoms with Crippen LogP contribution in [0.4, 0.5) is 5.82 Å². The molecule has 3 aliphatic rings. The first-order valence-electron chi connectivity index (χ1n) is 12.3. The lowest BCUT2D eigenvalue weighted by molar-refractivity contribution is 0.0774. The Bertz CT molecular complexity index is 1060. The van der Waals surface area contributed by atoms with E-state index in [1.54, 1.807) is 12.3 Å². The molecule has 2 atom stereocenters. The molecule has 0 saturated carbocycles. The van der Waals surface area contributed by atoms with Crippen LogP contribution in [0, 0.1) is 18.8 Å². The zero-order valence-corrected chi connectivity index (χ0v) is 20.4. The number of anilines is 1. The second-order valence-corrected chi connectivity index (χ2v) is 10.2. The van der Waals surface area contributed by atoms with Gasteiger partial charge >= 0.3 is 0 Å². The van der Waals surface area contributed by atoms with E-state index in [-0.39, 0.29) is 11.8 Å². The number of aryl methyl sites for hydroxylation is 1. The van der Waals surface area contributed by atoms with Crippen molar-refractivity contribution in [1.82, 2.24) is 20.1 Å². The minimum Gasteiger partial charge on any atom is -0.356 e. The Labute approximate surface area is 206 Å². The van der Waals surface area contributed by atoms with Crippen molar-refractivity contribution in [3.05, 3.63) is 58.2 Å². The fourth-order valence-corrected chi connectivity index (χ4v) is 5.47. The molecule has 0 bridgehead atoms. The highest BCUT2D eigenvalue weighted by molar-refractivity contribution is 6.31. The third-order valence-electron chi connectivity index (χ3n) is 7.39. The number of hydrogen-bond donors (Lipinski definition) is 1. The lowest BCUT2D eigenvalue weighted by Crippen LogP contribution is -2.40. The fourth-order valence-electron chi connectivity index (χ4n) is 5.29. The highest BCUT2D eigenvalue weighted by Gasteiger charge is 2.42. The maximum Gasteiger partial charge on any atom is 0.257 e. The minimum absolute atomic E-state index is 0.0812. The first kappa shape index (κ1) is 23.1. The van der Waals surface area contributed by atoms with Gasteiger partial charge in [0.1, 0.15) is 5.82 Å². The van der Waals surface area contributed by atoms with Gasteiger partial charge in [0.15, 0.2) is 0 Å². The molecule has 2 unspecified atom stereocenters. The SMILES string of the molecule is Cc1ccc(C(=O)NCCCN2CC3CN(C(=O)c4cccnc4N4CCC4)CC3C2)cc1Cl. The molecule has 2 aromatic rings. The van der Waals surface area contributed by atoms with Crippen molar-refractivity contribution in [3.63, 3.8) is 0 Å². The monoisotopic (exact) mass is 481 g/mol. The van der Waals surface area contributed by atoms with Crippen LogP contribution in [0.5, 0.6) is 0 Å². The van der Waals surface area contributed by atoms with Crippen molar-refractivity contribution in [2.75, 3.05) is 57.3 Å². The Morgan fingerprint density at radius 3 is 2.56 bits per heavy atom. The molecule has 2 amide bonds. The summed E-state index contributed by atoms with van der Waals surface area (Å²) in [5.41, 5.74) is 2.31. The van der Waals surface area contributed by atoms with Crippen LogP contribution in [-0.4, -0.2) is 79.0 Å². The quantitative estimate of drug-likeness (QED) is 0.615. The molecule has 0 spiro atoms. The van der Waals surface area contributed by atoms with Gasteiger partial charge in [-0.3, -0.25) is 9.59 Å². The fraction of sp³-hybridized carbons (Fsp3) is 0.500. The summed E-state index contributed by atoms with van der Waals surface area (Å²) >= 11 is 6.13. The Morgan fingerprint density at radius 1 is 1.12 bits per heavy atom. The van der Waals surface area contributed by atoms with Crippen molar-refractivity contribution in [1.29, 1.82) is 0 Å². The van der Waals surface area contributed by atoms with Gasteiger partial charge < -0.3 is 20.0 Å². The second-order valence-electron chi connectivity index (χ2n) is 9.78. The highest BCUT2D eigenvalue weighted by atomic mass is 35.5. The molecule has 180 valence electrons. The van der Waals surface area contributed by atoms with Crippen LogP contribution in [0.25, 0.3) is 0 Å². The molecule has 5 rings (SSSR count). The molecule has 1 aromatic heterocycles. The van der Waals surface area contributed by atoms with E-state index in [0.717, 1.165) is 75.6 Å². The number of rotatable bonds is 7. The summed E-state index contributed by atoms with van der Waals surface area (Å²) in [5, 5.41) is 3.61. The normalized spacial score (nSPS) is 21.9. The Hall–Kier alpha value is -2.64. The summed E-state index contributed by atoms with van der Waals surface area (Å²) < 4.78 is 0. The molecule has 3 saturated heterocycles. The number of halogens is 1. The first-order chi connectivity index (χ1) is 16.5. The Morgan fingerprint density at radius 2 is 1.88 bits per heavy atom. The van der Waals surface area contributed by atoms with Crippen LogP contribution in [0.2, 0.25) is 5.02 Å². The number of amides is 2. The van der Waals surface area contributed by atoms with E-state index in [4.69, 9.17) is 11.6 Å². The molecule has 3 aliphatic heterocycles. The number of aromatic nitrogens is 1. The largest absolute Gasteiger partial charge is 0.356 e. The molecule has 8 heteroatoms. The average molecular weight is 482 g/mol. The van der Waals surface area contributed by atoms with E-state index in [0.29, 0.717) is 29.0 Å². The third kappa shape index (κ3) is 4.77. The number of hydrogen-bond acceptors (Lipinski definition) is 5. The predicted molar refractivity (Wildman–Crippen MR) is 134 cm³/mol. The molecule has 7 nitrogen and oxygen atoms in total. The summed E-state index contributed by atoms with van der Waals surface area (Å²) in [6, 6.07) is 9.18. The van der Waals surface area contributed by atoms with Gasteiger partial charge in [0.25, 0.3) is 11.8 Å². The van der Waals surface area contributed by atoms with E-state index in [1.165, 1.54) is 0 Å². The Kier molecular flexibility index (Phi) is 6.75. The number of likely N-dealkylation sites (tertiary alicyclic amines) is 2. The summed E-state index contributed by atoms with van der Waals surface area (Å²) in [5.74, 6) is 1.93. The molecule has 4 heterocycles. The van der Waals surface area contributed by atoms with Gasteiger partial charge in [-0.05, 0) is 68.0 Å². The van der Waals surface area contributed by atoms with Crippen molar-refractivity contribution in [3.8, 4) is 0 Å². The number of nitrogens with zero attached hydrogens (tertiary/aromatic N) is 4. The topological polar surface area (TPSA) is 68.8 Å². The summed E-state index contributed by atoms with van der Waals surface area (Å²) in [6.07, 6.45) is 3.85. The molecular weight excluding hydrogens is 450 g/mol. The lowest BCUT2D eigenvalue weighted by Gasteiger charge is -2.33. The van der Waals surface area contributed by atoms with Crippen molar-refractivity contribution >= 4 is 29.2 Å². The van der Waals surface area contributed by atoms with Crippen LogP contribution < -0.4 is 10.2 Å². The smallest absolute Gasteiger partial charge is 0.257 e. The number of pyridine rings is 1. The Balaban J connectivity index is 1.06. The molecular formula is C26H32ClN5O2. The first-order valence-corrected chi connectivity index (χ1v) is 12.6. The van der Waals surface area contributed by atoms with E-state index < -0.39 is 0 Å². The van der Waals surface area contributed by atoms with Crippen LogP contribution in [0.15, 0.2) is 36.5 Å². The number of benzene rings is 1. The lowest BCUT2D eigenvalue weighted by atomic mass is 10.0. The number of nitrogens with one attached hydrogen (secondary N) is 1. The predicted octanol–water partition coefficient (Wildman–Crippen LogP) is 3.08. The van der Waals surface area contributed by atoms with Crippen LogP contribution in [-0.2, 0) is 0 Å². The van der Waals surface area contributed by atoms with Gasteiger partial charge in [0, 0.05) is 62.6 Å². The minimum atomic E-state index is -0.0812. The summed E-state index contributed by atoms with van der Waals surface area (Å²) in [6.45, 7) is 9.16. The molecule has 34 heavy (non-hydrogen) atoms. The van der Waals surface area contributed by atoms with Gasteiger partial charge in [0.2, 0.25) is 0 Å². The van der Waals surface area contributed by atoms with Crippen molar-refractivity contribution in [2.45, 2.75) is 19.8 Å². The average Bonchev–Trinajstić information content (AvgIpc) is 3.36. The molecule has 0 aliphatic carbocycles. The molecule has 1 aromatic carbocycles. The van der Waals surface area contributed by atoms with Crippen LogP contribution in [0.1, 0.15) is 39.1 Å². The second kappa shape index (κ2) is 9.92. The van der Waals surface area contributed by atoms with Gasteiger partial charge in [-0.2, -0.15) is 0 Å². The van der Waals surface area contributed by atoms with Gasteiger partial charge in [0.05, 0.1) is 5.56 Å². The van der Waals surface area contributed by atoms with Gasteiger partial charge in [-0.25, -0.2) is 4.98 Å². The summed E-state index contributed by atoms with van der Waals surface area (Å²) in [4.78, 5) is 36.8. The maximum absolute atomic E-state index is 13.3. The van der Waals surface area contributed by atoms with Gasteiger partial charge in [-0.1, -0.05) is 17.7 Å². The van der Waals surface area contributed by atoms with Gasteiger partial charge in [-0.15, -0.1) is 0 Å². The molecule has 1 N–H and O–H groups in total. The number of fused-ring (bicyclic) bond motifs is 1. The van der Waals surface area contributed by atoms with Crippen molar-refractivity contribution < 1.29 is 9.59 Å². The third-order valence-corrected chi connectivity index (χ3v) is 7.80. The number of carbonyl (C=O) groups is 2. The highest BCUT2D eigenvalue weighted by Crippen LogP contribution is 2.33. The standard InChI is InChI=1S/C26H32ClN5O2/c1-18-6-7-19(13-23(18)27)25(33)29-9-3-10-30-14-20-16-32(17-21(20)15-30)26(34)22-5-2-8-28-24(22)31-11-4-12-31/h2,5-8,13,20-21H,3-4,9-12,14-17H2,1H3,(H,29,33). The van der Waals surface area contributed by atoms with E-state index in [1.807, 2.05) is 36.1 Å². The summed E-state index contributed by atoms with van der Waals surface area (Å²) in [7, 11) is 0. The van der Waals surface area contributed by atoms with E-state index in [2.05, 4.69) is 20.1 Å². The van der Waals surface area contributed by atoms with Crippen LogP contribution in [0.3, 0.4) is 0 Å². The van der Waals surface area contributed by atoms with Crippen molar-refractivity contribution in [2.24, 2.45) is 11.8 Å². The maximum atomic E-state index is 13.3. The number of carbonyl (C=O) groups excluding carboxylic acids is 2. The van der Waals surface area contributed by atoms with E-state index in [9.17, 15) is 9.59 Å². The van der Waals surface area contributed by atoms with E-state index >= 15 is 0 Å². The molecule has 3 fully saturated rings. The molecule has 0 radical (unpaired) electrons. The zero-order chi connectivity index (χ0) is 23.7.